The lowest BCUT2D eigenvalue weighted by Crippen LogP contribution is -2.41. The molecule has 7 heteroatoms. The highest BCUT2D eigenvalue weighted by molar-refractivity contribution is 5.79. The fourth-order valence-corrected chi connectivity index (χ4v) is 2.56. The average Bonchev–Trinajstić information content (AvgIpc) is 2.45. The first-order valence-electron chi connectivity index (χ1n) is 6.53. The molecule has 2 N–H and O–H groups in total. The van der Waals surface area contributed by atoms with Crippen molar-refractivity contribution >= 4 is 17.9 Å². The highest BCUT2D eigenvalue weighted by atomic mass is 19.4. The van der Waals surface area contributed by atoms with Crippen LogP contribution in [0.3, 0.4) is 0 Å². The molecule has 1 fully saturated rings. The molecular formula is C14H15F3N2O2. The maximum Gasteiger partial charge on any atom is 0.418 e. The molecule has 1 aromatic rings. The van der Waals surface area contributed by atoms with Gasteiger partial charge in [0.15, 0.2) is 0 Å². The van der Waals surface area contributed by atoms with Crippen molar-refractivity contribution in [2.75, 3.05) is 18.0 Å². The number of carbonyl (C=O) groups excluding carboxylic acids is 2. The van der Waals surface area contributed by atoms with Crippen LogP contribution in [0, 0.1) is 5.92 Å². The monoisotopic (exact) mass is 300 g/mol. The first-order valence-corrected chi connectivity index (χ1v) is 6.53. The minimum Gasteiger partial charge on any atom is -0.370 e. The summed E-state index contributed by atoms with van der Waals surface area (Å²) in [5, 5.41) is 0. The molecule has 0 saturated carbocycles. The fraction of sp³-hybridized carbons (Fsp3) is 0.429. The lowest BCUT2D eigenvalue weighted by atomic mass is 9.96. The molecule has 1 heterocycles. The number of anilines is 1. The summed E-state index contributed by atoms with van der Waals surface area (Å²) in [6.45, 7) is 0.589. The van der Waals surface area contributed by atoms with Gasteiger partial charge in [0, 0.05) is 24.3 Å². The Labute approximate surface area is 119 Å². The molecule has 2 rings (SSSR count). The number of primary amides is 1. The minimum absolute atomic E-state index is 0.0148. The van der Waals surface area contributed by atoms with Crippen molar-refractivity contribution < 1.29 is 22.8 Å². The van der Waals surface area contributed by atoms with Gasteiger partial charge in [-0.05, 0) is 31.0 Å². The van der Waals surface area contributed by atoms with Gasteiger partial charge >= 0.3 is 6.18 Å². The van der Waals surface area contributed by atoms with E-state index in [4.69, 9.17) is 5.73 Å². The number of aldehydes is 1. The van der Waals surface area contributed by atoms with E-state index in [9.17, 15) is 22.8 Å². The van der Waals surface area contributed by atoms with Crippen LogP contribution in [-0.2, 0) is 11.0 Å². The Hall–Kier alpha value is -2.05. The summed E-state index contributed by atoms with van der Waals surface area (Å²) in [6.07, 6.45) is -3.00. The van der Waals surface area contributed by atoms with Gasteiger partial charge in [-0.15, -0.1) is 0 Å². The van der Waals surface area contributed by atoms with Crippen LogP contribution >= 0.6 is 0 Å². The normalized spacial score (nSPS) is 19.4. The van der Waals surface area contributed by atoms with Gasteiger partial charge in [-0.3, -0.25) is 9.59 Å². The molecule has 0 aliphatic carbocycles. The second-order valence-electron chi connectivity index (χ2n) is 5.08. The van der Waals surface area contributed by atoms with Gasteiger partial charge < -0.3 is 10.6 Å². The van der Waals surface area contributed by atoms with E-state index in [1.807, 2.05) is 0 Å². The van der Waals surface area contributed by atoms with E-state index in [1.165, 1.54) is 17.0 Å². The number of rotatable bonds is 3. The zero-order valence-electron chi connectivity index (χ0n) is 11.2. The number of carbonyl (C=O) groups is 2. The van der Waals surface area contributed by atoms with Gasteiger partial charge in [-0.1, -0.05) is 0 Å². The molecule has 1 aromatic carbocycles. The number of halogens is 3. The quantitative estimate of drug-likeness (QED) is 0.871. The van der Waals surface area contributed by atoms with Crippen LogP contribution in [0.4, 0.5) is 18.9 Å². The Balaban J connectivity index is 2.38. The van der Waals surface area contributed by atoms with Crippen LogP contribution in [0.15, 0.2) is 18.2 Å². The van der Waals surface area contributed by atoms with E-state index in [1.54, 1.807) is 0 Å². The SMILES string of the molecule is NC(=O)C1CCCN(c2ccc(C=O)cc2C(F)(F)F)C1. The van der Waals surface area contributed by atoms with Crippen molar-refractivity contribution in [2.24, 2.45) is 11.7 Å². The molecule has 1 saturated heterocycles. The molecule has 0 aromatic heterocycles. The van der Waals surface area contributed by atoms with Gasteiger partial charge in [0.25, 0.3) is 0 Å². The van der Waals surface area contributed by atoms with E-state index in [2.05, 4.69) is 0 Å². The number of hydrogen-bond donors (Lipinski definition) is 1. The van der Waals surface area contributed by atoms with Crippen LogP contribution in [0.5, 0.6) is 0 Å². The highest BCUT2D eigenvalue weighted by Gasteiger charge is 2.36. The molecule has 1 aliphatic heterocycles. The van der Waals surface area contributed by atoms with E-state index in [-0.39, 0.29) is 17.8 Å². The fourth-order valence-electron chi connectivity index (χ4n) is 2.56. The van der Waals surface area contributed by atoms with Crippen LogP contribution in [0.25, 0.3) is 0 Å². The Morgan fingerprint density at radius 3 is 2.67 bits per heavy atom. The second-order valence-corrected chi connectivity index (χ2v) is 5.08. The van der Waals surface area contributed by atoms with E-state index in [0.29, 0.717) is 25.7 Å². The predicted octanol–water partition coefficient (Wildman–Crippen LogP) is 2.22. The molecule has 1 aliphatic rings. The zero-order chi connectivity index (χ0) is 15.6. The smallest absolute Gasteiger partial charge is 0.370 e. The zero-order valence-corrected chi connectivity index (χ0v) is 11.2. The third kappa shape index (κ3) is 3.34. The summed E-state index contributed by atoms with van der Waals surface area (Å²) in [6, 6.07) is 3.44. The Morgan fingerprint density at radius 1 is 1.38 bits per heavy atom. The van der Waals surface area contributed by atoms with Gasteiger partial charge in [0.05, 0.1) is 11.5 Å². The molecule has 0 spiro atoms. The third-order valence-electron chi connectivity index (χ3n) is 3.63. The summed E-state index contributed by atoms with van der Waals surface area (Å²) in [5.41, 5.74) is 4.33. The first-order chi connectivity index (χ1) is 9.82. The summed E-state index contributed by atoms with van der Waals surface area (Å²) < 4.78 is 39.4. The topological polar surface area (TPSA) is 63.4 Å². The number of alkyl halides is 3. The summed E-state index contributed by atoms with van der Waals surface area (Å²) in [5.74, 6) is -0.955. The standard InChI is InChI=1S/C14H15F3N2O2/c15-14(16,17)11-6-9(8-20)3-4-12(11)19-5-1-2-10(7-19)13(18)21/h3-4,6,8,10H,1-2,5,7H2,(H2,18,21). The molecular weight excluding hydrogens is 285 g/mol. The van der Waals surface area contributed by atoms with E-state index >= 15 is 0 Å². The van der Waals surface area contributed by atoms with Crippen LogP contribution in [-0.4, -0.2) is 25.3 Å². The summed E-state index contributed by atoms with van der Waals surface area (Å²) in [7, 11) is 0. The number of nitrogens with two attached hydrogens (primary N) is 1. The average molecular weight is 300 g/mol. The van der Waals surface area contributed by atoms with Gasteiger partial charge in [-0.25, -0.2) is 0 Å². The van der Waals surface area contributed by atoms with Crippen molar-refractivity contribution in [1.82, 2.24) is 0 Å². The van der Waals surface area contributed by atoms with Crippen molar-refractivity contribution in [3.63, 3.8) is 0 Å². The number of benzene rings is 1. The van der Waals surface area contributed by atoms with Crippen LogP contribution < -0.4 is 10.6 Å². The molecule has 4 nitrogen and oxygen atoms in total. The number of hydrogen-bond acceptors (Lipinski definition) is 3. The lowest BCUT2D eigenvalue weighted by molar-refractivity contribution is -0.137. The van der Waals surface area contributed by atoms with Crippen molar-refractivity contribution in [1.29, 1.82) is 0 Å². The number of piperidine rings is 1. The molecule has 1 atom stereocenters. The maximum atomic E-state index is 13.1. The second kappa shape index (κ2) is 5.75. The Bertz CT molecular complexity index is 558. The van der Waals surface area contributed by atoms with Crippen LogP contribution in [0.1, 0.15) is 28.8 Å². The number of amides is 1. The minimum atomic E-state index is -4.56. The first kappa shape index (κ1) is 15.3. The van der Waals surface area contributed by atoms with Gasteiger partial charge in [0.2, 0.25) is 5.91 Å². The van der Waals surface area contributed by atoms with Crippen molar-refractivity contribution in [2.45, 2.75) is 19.0 Å². The van der Waals surface area contributed by atoms with Gasteiger partial charge in [0.1, 0.15) is 6.29 Å². The van der Waals surface area contributed by atoms with Gasteiger partial charge in [-0.2, -0.15) is 13.2 Å². The van der Waals surface area contributed by atoms with E-state index in [0.717, 1.165) is 6.07 Å². The molecule has 114 valence electrons. The Morgan fingerprint density at radius 2 is 2.10 bits per heavy atom. The molecule has 1 amide bonds. The van der Waals surface area contributed by atoms with Crippen molar-refractivity contribution in [3.05, 3.63) is 29.3 Å². The molecule has 1 unspecified atom stereocenters. The maximum absolute atomic E-state index is 13.1. The number of nitrogens with zero attached hydrogens (tertiary/aromatic N) is 1. The van der Waals surface area contributed by atoms with E-state index < -0.39 is 23.6 Å². The largest absolute Gasteiger partial charge is 0.418 e. The van der Waals surface area contributed by atoms with Crippen LogP contribution in [0.2, 0.25) is 0 Å². The van der Waals surface area contributed by atoms with Crippen molar-refractivity contribution in [3.8, 4) is 0 Å². The molecule has 21 heavy (non-hydrogen) atoms. The summed E-state index contributed by atoms with van der Waals surface area (Å²) >= 11 is 0. The molecule has 0 radical (unpaired) electrons. The summed E-state index contributed by atoms with van der Waals surface area (Å²) in [4.78, 5) is 23.4. The predicted molar refractivity (Wildman–Crippen MR) is 71.0 cm³/mol. The third-order valence-corrected chi connectivity index (χ3v) is 3.63. The lowest BCUT2D eigenvalue weighted by Gasteiger charge is -2.34. The highest BCUT2D eigenvalue weighted by Crippen LogP contribution is 2.38. The Kier molecular flexibility index (Phi) is 4.20. The molecule has 0 bridgehead atoms.